The van der Waals surface area contributed by atoms with Crippen LogP contribution in [0.5, 0.6) is 5.75 Å². The molecule has 5 nitrogen and oxygen atoms in total. The lowest BCUT2D eigenvalue weighted by Gasteiger charge is -2.18. The molecule has 0 saturated carbocycles. The van der Waals surface area contributed by atoms with Crippen LogP contribution in [-0.4, -0.2) is 33.0 Å². The third-order valence-electron chi connectivity index (χ3n) is 3.18. The zero-order valence-corrected chi connectivity index (χ0v) is 12.9. The van der Waals surface area contributed by atoms with Crippen LogP contribution in [0.15, 0.2) is 36.4 Å². The molecular formula is C15H18O5S. The molecule has 0 aliphatic carbocycles. The molecule has 1 N–H and O–H groups in total. The van der Waals surface area contributed by atoms with Crippen molar-refractivity contribution in [2.24, 2.45) is 0 Å². The van der Waals surface area contributed by atoms with Gasteiger partial charge in [-0.25, -0.2) is 0 Å². The van der Waals surface area contributed by atoms with Crippen molar-refractivity contribution >= 4 is 20.9 Å². The zero-order chi connectivity index (χ0) is 15.6. The maximum Gasteiger partial charge on any atom is 0.264 e. The fourth-order valence-corrected chi connectivity index (χ4v) is 2.81. The first-order valence-corrected chi connectivity index (χ1v) is 8.26. The van der Waals surface area contributed by atoms with Gasteiger partial charge >= 0.3 is 0 Å². The highest BCUT2D eigenvalue weighted by Crippen LogP contribution is 2.26. The predicted octanol–water partition coefficient (Wildman–Crippen LogP) is 2.25. The van der Waals surface area contributed by atoms with Crippen LogP contribution in [0.3, 0.4) is 0 Å². The van der Waals surface area contributed by atoms with E-state index in [0.717, 1.165) is 22.8 Å². The van der Waals surface area contributed by atoms with Crippen LogP contribution >= 0.6 is 0 Å². The van der Waals surface area contributed by atoms with Crippen LogP contribution in [0.25, 0.3) is 10.8 Å². The van der Waals surface area contributed by atoms with Gasteiger partial charge in [0, 0.05) is 0 Å². The lowest BCUT2D eigenvalue weighted by molar-refractivity contribution is 0.0515. The van der Waals surface area contributed by atoms with Gasteiger partial charge in [-0.05, 0) is 41.5 Å². The Bertz CT molecular complexity index is 739. The molecular weight excluding hydrogens is 292 g/mol. The summed E-state index contributed by atoms with van der Waals surface area (Å²) in [4.78, 5) is 0. The second-order valence-electron chi connectivity index (χ2n) is 4.92. The van der Waals surface area contributed by atoms with Crippen LogP contribution in [0.1, 0.15) is 18.6 Å². The fraction of sp³-hybridized carbons (Fsp3) is 0.333. The summed E-state index contributed by atoms with van der Waals surface area (Å²) in [7, 11) is -2.00. The molecule has 2 rings (SSSR count). The van der Waals surface area contributed by atoms with Crippen LogP contribution in [0, 0.1) is 0 Å². The summed E-state index contributed by atoms with van der Waals surface area (Å²) in [6.45, 7) is 1.52. The third kappa shape index (κ3) is 3.93. The van der Waals surface area contributed by atoms with E-state index in [1.54, 1.807) is 13.2 Å². The van der Waals surface area contributed by atoms with E-state index < -0.39 is 22.3 Å². The van der Waals surface area contributed by atoms with Gasteiger partial charge in [0.25, 0.3) is 10.1 Å². The highest BCUT2D eigenvalue weighted by Gasteiger charge is 2.21. The number of aliphatic hydroxyl groups is 1. The van der Waals surface area contributed by atoms with E-state index >= 15 is 0 Å². The summed E-state index contributed by atoms with van der Waals surface area (Å²) in [5, 5.41) is 12.1. The molecule has 2 aromatic rings. The monoisotopic (exact) mass is 310 g/mol. The topological polar surface area (TPSA) is 72.8 Å². The van der Waals surface area contributed by atoms with Crippen molar-refractivity contribution in [2.45, 2.75) is 19.1 Å². The summed E-state index contributed by atoms with van der Waals surface area (Å²) >= 11 is 0. The Balaban J connectivity index is 2.30. The summed E-state index contributed by atoms with van der Waals surface area (Å²) < 4.78 is 32.2. The molecule has 6 heteroatoms. The van der Waals surface area contributed by atoms with Crippen molar-refractivity contribution in [3.63, 3.8) is 0 Å². The average molecular weight is 310 g/mol. The van der Waals surface area contributed by atoms with Gasteiger partial charge in [0.15, 0.2) is 0 Å². The molecule has 2 aromatic carbocycles. The number of hydrogen-bond acceptors (Lipinski definition) is 5. The number of rotatable bonds is 5. The van der Waals surface area contributed by atoms with Gasteiger partial charge in [-0.3, -0.25) is 4.18 Å². The fourth-order valence-electron chi connectivity index (χ4n) is 2.15. The van der Waals surface area contributed by atoms with Crippen molar-refractivity contribution < 1.29 is 22.4 Å². The van der Waals surface area contributed by atoms with Crippen molar-refractivity contribution in [3.8, 4) is 5.75 Å². The standard InChI is InChI=1S/C15H18O5S/c1-10(20-21(3,17)18)15(16)13-5-4-12-9-14(19-2)7-6-11(12)8-13/h4-10,15-16H,1-3H3. The first kappa shape index (κ1) is 15.8. The van der Waals surface area contributed by atoms with E-state index in [2.05, 4.69) is 0 Å². The molecule has 0 aliphatic rings. The minimum absolute atomic E-state index is 0.601. The van der Waals surface area contributed by atoms with E-state index in [1.165, 1.54) is 6.92 Å². The summed E-state index contributed by atoms with van der Waals surface area (Å²) in [5.74, 6) is 0.754. The molecule has 0 aromatic heterocycles. The molecule has 114 valence electrons. The van der Waals surface area contributed by atoms with Gasteiger partial charge in [-0.15, -0.1) is 0 Å². The zero-order valence-electron chi connectivity index (χ0n) is 12.1. The molecule has 0 spiro atoms. The molecule has 0 amide bonds. The molecule has 2 unspecified atom stereocenters. The highest BCUT2D eigenvalue weighted by molar-refractivity contribution is 7.86. The van der Waals surface area contributed by atoms with Crippen molar-refractivity contribution in [1.82, 2.24) is 0 Å². The van der Waals surface area contributed by atoms with E-state index in [-0.39, 0.29) is 0 Å². The molecule has 0 radical (unpaired) electrons. The number of fused-ring (bicyclic) bond motifs is 1. The second-order valence-corrected chi connectivity index (χ2v) is 6.52. The van der Waals surface area contributed by atoms with Crippen LogP contribution < -0.4 is 4.74 Å². The van der Waals surface area contributed by atoms with Crippen LogP contribution in [0.2, 0.25) is 0 Å². The molecule has 0 bridgehead atoms. The van der Waals surface area contributed by atoms with Gasteiger partial charge in [-0.1, -0.05) is 18.2 Å². The van der Waals surface area contributed by atoms with Crippen LogP contribution in [0.4, 0.5) is 0 Å². The lowest BCUT2D eigenvalue weighted by atomic mass is 10.0. The maximum atomic E-state index is 11.1. The normalized spacial score (nSPS) is 14.9. The first-order valence-electron chi connectivity index (χ1n) is 6.44. The summed E-state index contributed by atoms with van der Waals surface area (Å²) in [6, 6.07) is 11.0. The van der Waals surface area contributed by atoms with E-state index in [9.17, 15) is 13.5 Å². The lowest BCUT2D eigenvalue weighted by Crippen LogP contribution is -2.21. The Morgan fingerprint density at radius 2 is 1.71 bits per heavy atom. The highest BCUT2D eigenvalue weighted by atomic mass is 32.2. The van der Waals surface area contributed by atoms with Crippen molar-refractivity contribution in [1.29, 1.82) is 0 Å². The van der Waals surface area contributed by atoms with E-state index in [0.29, 0.717) is 5.56 Å². The molecule has 0 saturated heterocycles. The Labute approximate surface area is 124 Å². The van der Waals surface area contributed by atoms with Gasteiger partial charge in [0.2, 0.25) is 0 Å². The predicted molar refractivity (Wildman–Crippen MR) is 80.9 cm³/mol. The van der Waals surface area contributed by atoms with Gasteiger partial charge < -0.3 is 9.84 Å². The molecule has 0 heterocycles. The van der Waals surface area contributed by atoms with Gasteiger partial charge in [-0.2, -0.15) is 8.42 Å². The summed E-state index contributed by atoms with van der Waals surface area (Å²) in [6.07, 6.45) is -0.912. The molecule has 21 heavy (non-hydrogen) atoms. The second kappa shape index (κ2) is 6.01. The minimum atomic E-state index is -3.60. The Morgan fingerprint density at radius 1 is 1.10 bits per heavy atom. The molecule has 2 atom stereocenters. The number of methoxy groups -OCH3 is 1. The molecule has 0 fully saturated rings. The summed E-state index contributed by atoms with van der Waals surface area (Å²) in [5.41, 5.74) is 0.601. The Kier molecular flexibility index (Phi) is 4.51. The first-order chi connectivity index (χ1) is 9.80. The number of hydrogen-bond donors (Lipinski definition) is 1. The number of benzene rings is 2. The van der Waals surface area contributed by atoms with Crippen molar-refractivity contribution in [2.75, 3.05) is 13.4 Å². The Morgan fingerprint density at radius 3 is 2.33 bits per heavy atom. The SMILES string of the molecule is COc1ccc2cc(C(O)C(C)OS(C)(=O)=O)ccc2c1. The van der Waals surface area contributed by atoms with E-state index in [4.69, 9.17) is 8.92 Å². The Hall–Kier alpha value is -1.63. The van der Waals surface area contributed by atoms with E-state index in [1.807, 2.05) is 30.3 Å². The number of ether oxygens (including phenoxy) is 1. The minimum Gasteiger partial charge on any atom is -0.497 e. The maximum absolute atomic E-state index is 11.1. The smallest absolute Gasteiger partial charge is 0.264 e. The van der Waals surface area contributed by atoms with Crippen LogP contribution in [-0.2, 0) is 14.3 Å². The average Bonchev–Trinajstić information content (AvgIpc) is 2.43. The largest absolute Gasteiger partial charge is 0.497 e. The van der Waals surface area contributed by atoms with Crippen molar-refractivity contribution in [3.05, 3.63) is 42.0 Å². The molecule has 0 aliphatic heterocycles. The van der Waals surface area contributed by atoms with Gasteiger partial charge in [0.1, 0.15) is 18.0 Å². The quantitative estimate of drug-likeness (QED) is 0.858. The number of aliphatic hydroxyl groups excluding tert-OH is 1. The van der Waals surface area contributed by atoms with Gasteiger partial charge in [0.05, 0.1) is 13.4 Å². The third-order valence-corrected chi connectivity index (χ3v) is 3.84.